The van der Waals surface area contributed by atoms with Crippen LogP contribution in [0.15, 0.2) is 47.6 Å². The zero-order valence-electron chi connectivity index (χ0n) is 10.4. The second-order valence-electron chi connectivity index (χ2n) is 4.02. The number of rotatable bonds is 4. The molecule has 0 aromatic heterocycles. The van der Waals surface area contributed by atoms with Crippen molar-refractivity contribution in [1.29, 1.82) is 0 Å². The molecule has 0 unspecified atom stereocenters. The van der Waals surface area contributed by atoms with E-state index in [2.05, 4.69) is 5.16 Å². The van der Waals surface area contributed by atoms with E-state index in [1.165, 1.54) is 12.1 Å². The normalized spacial score (nSPS) is 11.4. The summed E-state index contributed by atoms with van der Waals surface area (Å²) < 4.78 is 31.5. The van der Waals surface area contributed by atoms with Crippen LogP contribution in [-0.4, -0.2) is 11.0 Å². The van der Waals surface area contributed by atoms with Crippen molar-refractivity contribution in [2.75, 3.05) is 0 Å². The third-order valence-electron chi connectivity index (χ3n) is 2.67. The number of halogens is 2. The van der Waals surface area contributed by atoms with Crippen LogP contribution < -0.4 is 10.5 Å². The maximum Gasteiger partial charge on any atom is 0.200 e. The zero-order chi connectivity index (χ0) is 14.5. The van der Waals surface area contributed by atoms with E-state index < -0.39 is 11.6 Å². The fourth-order valence-corrected chi connectivity index (χ4v) is 1.59. The van der Waals surface area contributed by atoms with Gasteiger partial charge in [-0.3, -0.25) is 0 Å². The second-order valence-corrected chi connectivity index (χ2v) is 4.02. The molecule has 0 aliphatic heterocycles. The smallest absolute Gasteiger partial charge is 0.200 e. The lowest BCUT2D eigenvalue weighted by Crippen LogP contribution is -2.12. The van der Waals surface area contributed by atoms with Crippen molar-refractivity contribution < 1.29 is 18.7 Å². The summed E-state index contributed by atoms with van der Waals surface area (Å²) in [6.07, 6.45) is 0. The maximum absolute atomic E-state index is 13.4. The Bertz CT molecular complexity index is 628. The lowest BCUT2D eigenvalue weighted by Gasteiger charge is -2.08. The molecule has 2 aromatic carbocycles. The molecular formula is C14H12F2N2O2. The first-order valence-corrected chi connectivity index (χ1v) is 5.75. The summed E-state index contributed by atoms with van der Waals surface area (Å²) in [6.45, 7) is 0.0802. The summed E-state index contributed by atoms with van der Waals surface area (Å²) in [4.78, 5) is 0. The van der Waals surface area contributed by atoms with Crippen LogP contribution in [0.5, 0.6) is 5.75 Å². The molecule has 0 bridgehead atoms. The fourth-order valence-electron chi connectivity index (χ4n) is 1.59. The Morgan fingerprint density at radius 1 is 1.15 bits per heavy atom. The van der Waals surface area contributed by atoms with Crippen molar-refractivity contribution in [2.24, 2.45) is 10.9 Å². The number of amidine groups is 1. The first-order chi connectivity index (χ1) is 9.61. The summed E-state index contributed by atoms with van der Waals surface area (Å²) in [5.74, 6) is -2.12. The molecule has 3 N–H and O–H groups in total. The molecule has 6 heteroatoms. The van der Waals surface area contributed by atoms with Gasteiger partial charge in [-0.15, -0.1) is 0 Å². The first-order valence-electron chi connectivity index (χ1n) is 5.75. The minimum atomic E-state index is -1.01. The predicted molar refractivity (Wildman–Crippen MR) is 69.6 cm³/mol. The van der Waals surface area contributed by atoms with E-state index in [0.29, 0.717) is 5.56 Å². The average Bonchev–Trinajstić information content (AvgIpc) is 2.48. The number of oxime groups is 1. The van der Waals surface area contributed by atoms with Crippen molar-refractivity contribution in [3.05, 3.63) is 65.2 Å². The summed E-state index contributed by atoms with van der Waals surface area (Å²) in [6, 6.07) is 10.4. The molecule has 20 heavy (non-hydrogen) atoms. The van der Waals surface area contributed by atoms with Gasteiger partial charge in [0.1, 0.15) is 6.61 Å². The van der Waals surface area contributed by atoms with Crippen LogP contribution in [0.1, 0.15) is 11.1 Å². The highest BCUT2D eigenvalue weighted by atomic mass is 19.2. The van der Waals surface area contributed by atoms with E-state index in [4.69, 9.17) is 15.7 Å². The van der Waals surface area contributed by atoms with Gasteiger partial charge in [-0.25, -0.2) is 4.39 Å². The third kappa shape index (κ3) is 3.03. The number of benzene rings is 2. The minimum Gasteiger partial charge on any atom is -0.486 e. The van der Waals surface area contributed by atoms with Gasteiger partial charge < -0.3 is 15.7 Å². The molecule has 0 heterocycles. The van der Waals surface area contributed by atoms with Crippen molar-refractivity contribution in [2.45, 2.75) is 6.61 Å². The molecule has 0 fully saturated rings. The SMILES string of the molecule is NC(=NO)c1ccc(COc2cccc(F)c2F)cc1. The molecule has 104 valence electrons. The second kappa shape index (κ2) is 6.01. The van der Waals surface area contributed by atoms with Crippen molar-refractivity contribution in [3.63, 3.8) is 0 Å². The van der Waals surface area contributed by atoms with Gasteiger partial charge in [-0.1, -0.05) is 35.5 Å². The maximum atomic E-state index is 13.4. The highest BCUT2D eigenvalue weighted by molar-refractivity contribution is 5.96. The van der Waals surface area contributed by atoms with Crippen LogP contribution in [-0.2, 0) is 6.61 Å². The number of nitrogens with zero attached hydrogens (tertiary/aromatic N) is 1. The quantitative estimate of drug-likeness (QED) is 0.391. The summed E-state index contributed by atoms with van der Waals surface area (Å²) >= 11 is 0. The number of hydrogen-bond donors (Lipinski definition) is 2. The van der Waals surface area contributed by atoms with Crippen LogP contribution in [0.25, 0.3) is 0 Å². The highest BCUT2D eigenvalue weighted by Crippen LogP contribution is 2.20. The van der Waals surface area contributed by atoms with E-state index in [9.17, 15) is 8.78 Å². The fraction of sp³-hybridized carbons (Fsp3) is 0.0714. The third-order valence-corrected chi connectivity index (χ3v) is 2.67. The molecule has 0 aliphatic carbocycles. The summed E-state index contributed by atoms with van der Waals surface area (Å²) in [5, 5.41) is 11.4. The van der Waals surface area contributed by atoms with E-state index >= 15 is 0 Å². The predicted octanol–water partition coefficient (Wildman–Crippen LogP) is 2.64. The lowest BCUT2D eigenvalue weighted by molar-refractivity contribution is 0.284. The van der Waals surface area contributed by atoms with E-state index in [1.807, 2.05) is 0 Å². The standard InChI is InChI=1S/C14H12F2N2O2/c15-11-2-1-3-12(13(11)16)20-8-9-4-6-10(7-5-9)14(17)18-19/h1-7,19H,8H2,(H2,17,18). The largest absolute Gasteiger partial charge is 0.486 e. The van der Waals surface area contributed by atoms with Crippen molar-refractivity contribution in [3.8, 4) is 5.75 Å². The van der Waals surface area contributed by atoms with Gasteiger partial charge in [0, 0.05) is 5.56 Å². The molecule has 2 aromatic rings. The van der Waals surface area contributed by atoms with Gasteiger partial charge in [0.2, 0.25) is 5.82 Å². The molecule has 0 amide bonds. The van der Waals surface area contributed by atoms with Gasteiger partial charge in [0.05, 0.1) is 0 Å². The van der Waals surface area contributed by atoms with E-state index in [-0.39, 0.29) is 18.2 Å². The van der Waals surface area contributed by atoms with Crippen LogP contribution in [0.3, 0.4) is 0 Å². The average molecular weight is 278 g/mol. The van der Waals surface area contributed by atoms with Crippen molar-refractivity contribution >= 4 is 5.84 Å². The number of nitrogens with two attached hydrogens (primary N) is 1. The Labute approximate surface area is 114 Å². The molecule has 0 saturated heterocycles. The Morgan fingerprint density at radius 3 is 2.50 bits per heavy atom. The van der Waals surface area contributed by atoms with Crippen LogP contribution in [0.2, 0.25) is 0 Å². The molecular weight excluding hydrogens is 266 g/mol. The molecule has 0 saturated carbocycles. The van der Waals surface area contributed by atoms with Gasteiger partial charge in [-0.05, 0) is 17.7 Å². The molecule has 0 radical (unpaired) electrons. The Morgan fingerprint density at radius 2 is 1.85 bits per heavy atom. The van der Waals surface area contributed by atoms with Crippen LogP contribution in [0, 0.1) is 11.6 Å². The minimum absolute atomic E-state index is 0.00589. The molecule has 0 spiro atoms. The highest BCUT2D eigenvalue weighted by Gasteiger charge is 2.08. The van der Waals surface area contributed by atoms with Gasteiger partial charge in [-0.2, -0.15) is 4.39 Å². The topological polar surface area (TPSA) is 67.8 Å². The Kier molecular flexibility index (Phi) is 4.14. The molecule has 0 atom stereocenters. The van der Waals surface area contributed by atoms with Gasteiger partial charge in [0.25, 0.3) is 0 Å². The van der Waals surface area contributed by atoms with E-state index in [1.54, 1.807) is 24.3 Å². The molecule has 0 aliphatic rings. The van der Waals surface area contributed by atoms with Crippen LogP contribution >= 0.6 is 0 Å². The molecule has 4 nitrogen and oxygen atoms in total. The van der Waals surface area contributed by atoms with Gasteiger partial charge in [0.15, 0.2) is 17.4 Å². The van der Waals surface area contributed by atoms with E-state index in [0.717, 1.165) is 11.6 Å². The molecule has 2 rings (SSSR count). The lowest BCUT2D eigenvalue weighted by atomic mass is 10.1. The summed E-state index contributed by atoms with van der Waals surface area (Å²) in [7, 11) is 0. The Balaban J connectivity index is 2.06. The zero-order valence-corrected chi connectivity index (χ0v) is 10.4. The summed E-state index contributed by atoms with van der Waals surface area (Å²) in [5.41, 5.74) is 6.71. The number of ether oxygens (including phenoxy) is 1. The first kappa shape index (κ1) is 13.8. The Hall–Kier alpha value is -2.63. The van der Waals surface area contributed by atoms with Crippen LogP contribution in [0.4, 0.5) is 8.78 Å². The monoisotopic (exact) mass is 278 g/mol. The van der Waals surface area contributed by atoms with Gasteiger partial charge >= 0.3 is 0 Å². The number of hydrogen-bond acceptors (Lipinski definition) is 3. The van der Waals surface area contributed by atoms with Crippen molar-refractivity contribution in [1.82, 2.24) is 0 Å².